The molecule has 1 saturated heterocycles. The Bertz CT molecular complexity index is 328. The zero-order chi connectivity index (χ0) is 14.6. The van der Waals surface area contributed by atoms with Gasteiger partial charge in [-0.1, -0.05) is 13.3 Å². The van der Waals surface area contributed by atoms with Crippen LogP contribution in [0.1, 0.15) is 32.6 Å². The molecule has 1 aliphatic carbocycles. The highest BCUT2D eigenvalue weighted by atomic mass is 16.1. The van der Waals surface area contributed by atoms with Crippen molar-refractivity contribution in [2.45, 2.75) is 38.1 Å². The third kappa shape index (κ3) is 3.15. The summed E-state index contributed by atoms with van der Waals surface area (Å²) < 4.78 is 0. The van der Waals surface area contributed by atoms with Gasteiger partial charge in [0.1, 0.15) is 5.54 Å². The Hall–Kier alpha value is -0.650. The first-order chi connectivity index (χ1) is 9.62. The maximum Gasteiger partial charge on any atom is 0.238 e. The summed E-state index contributed by atoms with van der Waals surface area (Å²) in [5, 5.41) is 3.23. The van der Waals surface area contributed by atoms with Crippen LogP contribution in [0.3, 0.4) is 0 Å². The number of primary amides is 1. The van der Waals surface area contributed by atoms with Crippen LogP contribution < -0.4 is 11.1 Å². The van der Waals surface area contributed by atoms with E-state index in [0.717, 1.165) is 51.9 Å². The van der Waals surface area contributed by atoms with E-state index in [-0.39, 0.29) is 5.91 Å². The highest BCUT2D eigenvalue weighted by Gasteiger charge is 2.46. The third-order valence-electron chi connectivity index (χ3n) is 5.41. The molecule has 0 aromatic carbocycles. The smallest absolute Gasteiger partial charge is 0.238 e. The predicted molar refractivity (Wildman–Crippen MR) is 81.5 cm³/mol. The van der Waals surface area contributed by atoms with Crippen molar-refractivity contribution >= 4 is 5.91 Å². The van der Waals surface area contributed by atoms with Crippen LogP contribution in [0.2, 0.25) is 0 Å². The minimum Gasteiger partial charge on any atom is -0.368 e. The minimum absolute atomic E-state index is 0.168. The normalized spacial score (nSPS) is 32.6. The molecule has 20 heavy (non-hydrogen) atoms. The molecule has 5 nitrogen and oxygen atoms in total. The van der Waals surface area contributed by atoms with Crippen LogP contribution in [0, 0.1) is 5.92 Å². The molecule has 0 spiro atoms. The van der Waals surface area contributed by atoms with Gasteiger partial charge < -0.3 is 20.9 Å². The zero-order valence-corrected chi connectivity index (χ0v) is 13.0. The van der Waals surface area contributed by atoms with Gasteiger partial charge in [-0.05, 0) is 45.3 Å². The van der Waals surface area contributed by atoms with E-state index in [1.165, 1.54) is 13.1 Å². The van der Waals surface area contributed by atoms with E-state index in [2.05, 4.69) is 22.0 Å². The molecule has 2 unspecified atom stereocenters. The number of nitrogens with one attached hydrogen (secondary N) is 1. The predicted octanol–water partition coefficient (Wildman–Crippen LogP) is 0.258. The molecule has 1 saturated carbocycles. The molecule has 2 atom stereocenters. The molecule has 2 rings (SSSR count). The second-order valence-electron chi connectivity index (χ2n) is 6.24. The van der Waals surface area contributed by atoms with Gasteiger partial charge in [-0.2, -0.15) is 0 Å². The van der Waals surface area contributed by atoms with Gasteiger partial charge in [0.2, 0.25) is 5.91 Å². The average molecular weight is 282 g/mol. The van der Waals surface area contributed by atoms with Gasteiger partial charge in [0.05, 0.1) is 0 Å². The summed E-state index contributed by atoms with van der Waals surface area (Å²) in [7, 11) is 1.88. The summed E-state index contributed by atoms with van der Waals surface area (Å²) in [6.07, 6.45) is 4.21. The summed E-state index contributed by atoms with van der Waals surface area (Å²) in [4.78, 5) is 16.9. The molecule has 116 valence electrons. The Balaban J connectivity index is 1.83. The van der Waals surface area contributed by atoms with E-state index in [0.29, 0.717) is 5.92 Å². The fourth-order valence-corrected chi connectivity index (χ4v) is 3.91. The van der Waals surface area contributed by atoms with Crippen molar-refractivity contribution in [3.8, 4) is 0 Å². The van der Waals surface area contributed by atoms with Gasteiger partial charge >= 0.3 is 0 Å². The summed E-state index contributed by atoms with van der Waals surface area (Å²) in [6.45, 7) is 9.14. The number of rotatable bonds is 6. The Morgan fingerprint density at radius 3 is 2.50 bits per heavy atom. The Morgan fingerprint density at radius 1 is 1.30 bits per heavy atom. The average Bonchev–Trinajstić information content (AvgIpc) is 2.90. The highest BCUT2D eigenvalue weighted by Crippen LogP contribution is 2.37. The Morgan fingerprint density at radius 2 is 1.95 bits per heavy atom. The maximum atomic E-state index is 11.8. The van der Waals surface area contributed by atoms with Gasteiger partial charge in [0.25, 0.3) is 0 Å². The maximum absolute atomic E-state index is 11.8. The first-order valence-electron chi connectivity index (χ1n) is 8.06. The summed E-state index contributed by atoms with van der Waals surface area (Å²) in [5.41, 5.74) is 5.20. The van der Waals surface area contributed by atoms with E-state index in [1.54, 1.807) is 0 Å². The van der Waals surface area contributed by atoms with Crippen LogP contribution in [0.25, 0.3) is 0 Å². The SMILES string of the molecule is CCN1CCN(CCC2CCCC2(NC)C(N)=O)CC1. The van der Waals surface area contributed by atoms with Crippen molar-refractivity contribution in [3.05, 3.63) is 0 Å². The molecule has 0 aromatic rings. The largest absolute Gasteiger partial charge is 0.368 e. The van der Waals surface area contributed by atoms with Crippen molar-refractivity contribution in [1.82, 2.24) is 15.1 Å². The molecule has 0 radical (unpaired) electrons. The molecule has 1 aliphatic heterocycles. The molecule has 1 heterocycles. The topological polar surface area (TPSA) is 61.6 Å². The first kappa shape index (κ1) is 15.7. The Labute approximate surface area is 122 Å². The molecule has 3 N–H and O–H groups in total. The van der Waals surface area contributed by atoms with Crippen LogP contribution in [0.15, 0.2) is 0 Å². The monoisotopic (exact) mass is 282 g/mol. The molecular formula is C15H30N4O. The van der Waals surface area contributed by atoms with Crippen molar-refractivity contribution < 1.29 is 4.79 Å². The fourth-order valence-electron chi connectivity index (χ4n) is 3.91. The van der Waals surface area contributed by atoms with Crippen LogP contribution in [-0.2, 0) is 4.79 Å². The van der Waals surface area contributed by atoms with E-state index in [9.17, 15) is 4.79 Å². The van der Waals surface area contributed by atoms with E-state index in [4.69, 9.17) is 5.73 Å². The van der Waals surface area contributed by atoms with Crippen LogP contribution >= 0.6 is 0 Å². The van der Waals surface area contributed by atoms with Gasteiger partial charge in [-0.25, -0.2) is 0 Å². The molecule has 2 aliphatic rings. The lowest BCUT2D eigenvalue weighted by atomic mass is 9.84. The van der Waals surface area contributed by atoms with Crippen LogP contribution in [0.5, 0.6) is 0 Å². The molecule has 5 heteroatoms. The number of carbonyl (C=O) groups excluding carboxylic acids is 1. The molecule has 2 fully saturated rings. The zero-order valence-electron chi connectivity index (χ0n) is 13.0. The number of nitrogens with two attached hydrogens (primary N) is 1. The number of carbonyl (C=O) groups is 1. The van der Waals surface area contributed by atoms with E-state index >= 15 is 0 Å². The lowest BCUT2D eigenvalue weighted by Crippen LogP contribution is -2.57. The summed E-state index contributed by atoms with van der Waals surface area (Å²) in [6, 6.07) is 0. The first-order valence-corrected chi connectivity index (χ1v) is 8.06. The van der Waals surface area contributed by atoms with Gasteiger partial charge in [-0.15, -0.1) is 0 Å². The van der Waals surface area contributed by atoms with Crippen LogP contribution in [0.4, 0.5) is 0 Å². The number of piperazine rings is 1. The second kappa shape index (κ2) is 6.87. The van der Waals surface area contributed by atoms with Crippen molar-refractivity contribution in [2.24, 2.45) is 11.7 Å². The van der Waals surface area contributed by atoms with E-state index in [1.807, 2.05) is 7.05 Å². The lowest BCUT2D eigenvalue weighted by Gasteiger charge is -2.37. The number of nitrogens with zero attached hydrogens (tertiary/aromatic N) is 2. The molecule has 0 bridgehead atoms. The minimum atomic E-state index is -0.453. The van der Waals surface area contributed by atoms with Crippen molar-refractivity contribution in [3.63, 3.8) is 0 Å². The van der Waals surface area contributed by atoms with E-state index < -0.39 is 5.54 Å². The van der Waals surface area contributed by atoms with Crippen LogP contribution in [-0.4, -0.2) is 67.6 Å². The van der Waals surface area contributed by atoms with Crippen molar-refractivity contribution in [2.75, 3.05) is 46.3 Å². The number of hydrogen-bond acceptors (Lipinski definition) is 4. The number of likely N-dealkylation sites (N-methyl/N-ethyl adjacent to an activating group) is 2. The quantitative estimate of drug-likeness (QED) is 0.733. The van der Waals surface area contributed by atoms with Gasteiger partial charge in [-0.3, -0.25) is 4.79 Å². The molecule has 1 amide bonds. The molecular weight excluding hydrogens is 252 g/mol. The lowest BCUT2D eigenvalue weighted by molar-refractivity contribution is -0.125. The Kier molecular flexibility index (Phi) is 5.41. The standard InChI is InChI=1S/C15H30N4O/c1-3-18-9-11-19(12-10-18)8-6-13-5-4-7-15(13,17-2)14(16)20/h13,17H,3-12H2,1-2H3,(H2,16,20). The second-order valence-corrected chi connectivity index (χ2v) is 6.24. The van der Waals surface area contributed by atoms with Gasteiger partial charge in [0, 0.05) is 26.2 Å². The number of amides is 1. The third-order valence-corrected chi connectivity index (χ3v) is 5.41. The summed E-state index contributed by atoms with van der Waals surface area (Å²) in [5.74, 6) is 0.229. The summed E-state index contributed by atoms with van der Waals surface area (Å²) >= 11 is 0. The highest BCUT2D eigenvalue weighted by molar-refractivity contribution is 5.85. The van der Waals surface area contributed by atoms with Crippen molar-refractivity contribution in [1.29, 1.82) is 0 Å². The van der Waals surface area contributed by atoms with Gasteiger partial charge in [0.15, 0.2) is 0 Å². The molecule has 0 aromatic heterocycles. The number of hydrogen-bond donors (Lipinski definition) is 2. The fraction of sp³-hybridized carbons (Fsp3) is 0.933.